The van der Waals surface area contributed by atoms with Crippen molar-refractivity contribution in [3.05, 3.63) is 65.6 Å². The van der Waals surface area contributed by atoms with Gasteiger partial charge in [-0.15, -0.1) is 10.2 Å². The van der Waals surface area contributed by atoms with E-state index in [0.717, 1.165) is 43.4 Å². The fourth-order valence-electron chi connectivity index (χ4n) is 3.07. The van der Waals surface area contributed by atoms with Crippen molar-refractivity contribution in [1.82, 2.24) is 25.2 Å². The summed E-state index contributed by atoms with van der Waals surface area (Å²) >= 11 is 0. The van der Waals surface area contributed by atoms with Crippen molar-refractivity contribution in [1.29, 1.82) is 0 Å². The maximum absolute atomic E-state index is 4.30. The molecule has 1 aromatic carbocycles. The molecule has 0 bridgehead atoms. The lowest BCUT2D eigenvalue weighted by atomic mass is 9.86. The molecule has 0 atom stereocenters. The number of aliphatic imine (C=N–C) groups is 1. The third-order valence-corrected chi connectivity index (χ3v) is 4.78. The van der Waals surface area contributed by atoms with Gasteiger partial charge in [0.25, 0.3) is 0 Å². The second-order valence-corrected chi connectivity index (χ2v) is 7.92. The minimum atomic E-state index is 0.193. The van der Waals surface area contributed by atoms with Gasteiger partial charge < -0.3 is 10.6 Å². The summed E-state index contributed by atoms with van der Waals surface area (Å²) in [5.74, 6) is 1.75. The minimum absolute atomic E-state index is 0.193. The molecule has 148 valence electrons. The fourth-order valence-corrected chi connectivity index (χ4v) is 3.07. The highest BCUT2D eigenvalue weighted by Gasteiger charge is 2.12. The van der Waals surface area contributed by atoms with E-state index in [1.165, 1.54) is 11.1 Å². The largest absolute Gasteiger partial charge is 0.356 e. The Morgan fingerprint density at radius 3 is 2.36 bits per heavy atom. The molecule has 0 aliphatic carbocycles. The SMILES string of the molecule is CN=C(NCCc1ccc(C(C)(C)C)cc1)NCCc1nnc2ccccn12. The molecule has 6 heteroatoms. The monoisotopic (exact) mass is 378 g/mol. The summed E-state index contributed by atoms with van der Waals surface area (Å²) < 4.78 is 2.01. The summed E-state index contributed by atoms with van der Waals surface area (Å²) in [6.45, 7) is 8.29. The Morgan fingerprint density at radius 1 is 0.964 bits per heavy atom. The number of nitrogens with one attached hydrogen (secondary N) is 2. The number of aromatic nitrogens is 3. The van der Waals surface area contributed by atoms with Crippen LogP contribution in [0.2, 0.25) is 0 Å². The van der Waals surface area contributed by atoms with Crippen molar-refractivity contribution in [2.24, 2.45) is 4.99 Å². The van der Waals surface area contributed by atoms with Gasteiger partial charge in [-0.3, -0.25) is 9.39 Å². The summed E-state index contributed by atoms with van der Waals surface area (Å²) in [5, 5.41) is 15.2. The Hall–Kier alpha value is -2.89. The number of pyridine rings is 1. The van der Waals surface area contributed by atoms with Crippen LogP contribution < -0.4 is 10.6 Å². The van der Waals surface area contributed by atoms with Crippen LogP contribution >= 0.6 is 0 Å². The van der Waals surface area contributed by atoms with Crippen LogP contribution in [-0.4, -0.2) is 40.7 Å². The van der Waals surface area contributed by atoms with Crippen LogP contribution in [0.1, 0.15) is 37.7 Å². The zero-order valence-electron chi connectivity index (χ0n) is 17.2. The second-order valence-electron chi connectivity index (χ2n) is 7.92. The van der Waals surface area contributed by atoms with Crippen LogP contribution in [0, 0.1) is 0 Å². The third kappa shape index (κ3) is 5.09. The van der Waals surface area contributed by atoms with E-state index in [4.69, 9.17) is 0 Å². The lowest BCUT2D eigenvalue weighted by Crippen LogP contribution is -2.39. The van der Waals surface area contributed by atoms with Gasteiger partial charge in [0.15, 0.2) is 11.6 Å². The minimum Gasteiger partial charge on any atom is -0.356 e. The average Bonchev–Trinajstić information content (AvgIpc) is 3.10. The number of rotatable bonds is 6. The summed E-state index contributed by atoms with van der Waals surface area (Å²) in [6.07, 6.45) is 3.72. The van der Waals surface area contributed by atoms with E-state index >= 15 is 0 Å². The topological polar surface area (TPSA) is 66.6 Å². The van der Waals surface area contributed by atoms with Crippen LogP contribution in [-0.2, 0) is 18.3 Å². The lowest BCUT2D eigenvalue weighted by molar-refractivity contribution is 0.590. The predicted molar refractivity (Wildman–Crippen MR) is 115 cm³/mol. The molecule has 0 unspecified atom stereocenters. The normalized spacial score (nSPS) is 12.4. The molecule has 0 spiro atoms. The molecular weight excluding hydrogens is 348 g/mol. The van der Waals surface area contributed by atoms with Gasteiger partial charge in [0, 0.05) is 32.8 Å². The smallest absolute Gasteiger partial charge is 0.191 e. The van der Waals surface area contributed by atoms with Gasteiger partial charge in [0.1, 0.15) is 5.82 Å². The van der Waals surface area contributed by atoms with E-state index in [2.05, 4.69) is 70.9 Å². The van der Waals surface area contributed by atoms with Crippen molar-refractivity contribution in [2.75, 3.05) is 20.1 Å². The highest BCUT2D eigenvalue weighted by atomic mass is 15.2. The first-order valence-electron chi connectivity index (χ1n) is 9.80. The Labute approximate surface area is 167 Å². The number of fused-ring (bicyclic) bond motifs is 1. The van der Waals surface area contributed by atoms with Gasteiger partial charge in [0.2, 0.25) is 0 Å². The summed E-state index contributed by atoms with van der Waals surface area (Å²) in [7, 11) is 1.79. The lowest BCUT2D eigenvalue weighted by Gasteiger charge is -2.19. The van der Waals surface area contributed by atoms with Gasteiger partial charge in [-0.2, -0.15) is 0 Å². The molecule has 2 heterocycles. The van der Waals surface area contributed by atoms with E-state index in [9.17, 15) is 0 Å². The molecular formula is C22H30N6. The molecule has 3 aromatic rings. The summed E-state index contributed by atoms with van der Waals surface area (Å²) in [6, 6.07) is 14.8. The molecule has 0 saturated heterocycles. The molecule has 3 rings (SSSR count). The van der Waals surface area contributed by atoms with E-state index in [-0.39, 0.29) is 5.41 Å². The fraction of sp³-hybridized carbons (Fsp3) is 0.409. The van der Waals surface area contributed by atoms with E-state index in [1.54, 1.807) is 7.05 Å². The Balaban J connectivity index is 1.43. The van der Waals surface area contributed by atoms with Crippen LogP contribution in [0.5, 0.6) is 0 Å². The highest BCUT2D eigenvalue weighted by molar-refractivity contribution is 5.79. The maximum Gasteiger partial charge on any atom is 0.191 e. The molecule has 0 fully saturated rings. The first-order chi connectivity index (χ1) is 13.5. The summed E-state index contributed by atoms with van der Waals surface area (Å²) in [4.78, 5) is 4.30. The number of guanidine groups is 1. The average molecular weight is 379 g/mol. The predicted octanol–water partition coefficient (Wildman–Crippen LogP) is 2.98. The molecule has 0 amide bonds. The van der Waals surface area contributed by atoms with Gasteiger partial charge in [-0.05, 0) is 35.1 Å². The Bertz CT molecular complexity index is 918. The standard InChI is InChI=1S/C22H30N6/c1-22(2,3)18-10-8-17(9-11-18)12-14-24-21(23-4)25-15-13-20-27-26-19-7-5-6-16-28(19)20/h5-11,16H,12-15H2,1-4H3,(H2,23,24,25). The molecule has 0 saturated carbocycles. The molecule has 0 radical (unpaired) electrons. The Morgan fingerprint density at radius 2 is 1.68 bits per heavy atom. The highest BCUT2D eigenvalue weighted by Crippen LogP contribution is 2.22. The number of nitrogens with zero attached hydrogens (tertiary/aromatic N) is 4. The van der Waals surface area contributed by atoms with Crippen LogP contribution in [0.15, 0.2) is 53.7 Å². The van der Waals surface area contributed by atoms with Gasteiger partial charge >= 0.3 is 0 Å². The molecule has 2 N–H and O–H groups in total. The molecule has 6 nitrogen and oxygen atoms in total. The third-order valence-electron chi connectivity index (χ3n) is 4.78. The summed E-state index contributed by atoms with van der Waals surface area (Å²) in [5.41, 5.74) is 3.75. The number of benzene rings is 1. The van der Waals surface area contributed by atoms with Crippen LogP contribution in [0.3, 0.4) is 0 Å². The van der Waals surface area contributed by atoms with Gasteiger partial charge in [0.05, 0.1) is 0 Å². The second kappa shape index (κ2) is 8.87. The van der Waals surface area contributed by atoms with Crippen LogP contribution in [0.25, 0.3) is 5.65 Å². The zero-order chi connectivity index (χ0) is 20.0. The van der Waals surface area contributed by atoms with Crippen molar-refractivity contribution in [3.63, 3.8) is 0 Å². The van der Waals surface area contributed by atoms with Crippen molar-refractivity contribution < 1.29 is 0 Å². The number of hydrogen-bond acceptors (Lipinski definition) is 3. The Kier molecular flexibility index (Phi) is 6.29. The van der Waals surface area contributed by atoms with E-state index < -0.39 is 0 Å². The molecule has 0 aliphatic heterocycles. The maximum atomic E-state index is 4.30. The zero-order valence-corrected chi connectivity index (χ0v) is 17.2. The first-order valence-corrected chi connectivity index (χ1v) is 9.80. The van der Waals surface area contributed by atoms with Crippen LogP contribution in [0.4, 0.5) is 0 Å². The molecule has 28 heavy (non-hydrogen) atoms. The van der Waals surface area contributed by atoms with Crippen molar-refractivity contribution >= 4 is 11.6 Å². The molecule has 0 aliphatic rings. The van der Waals surface area contributed by atoms with E-state index in [1.807, 2.05) is 28.8 Å². The quantitative estimate of drug-likeness (QED) is 0.511. The van der Waals surface area contributed by atoms with Gasteiger partial charge in [-0.1, -0.05) is 51.1 Å². The molecule has 2 aromatic heterocycles. The van der Waals surface area contributed by atoms with E-state index in [0.29, 0.717) is 0 Å². The van der Waals surface area contributed by atoms with Gasteiger partial charge in [-0.25, -0.2) is 0 Å². The number of hydrogen-bond donors (Lipinski definition) is 2. The van der Waals surface area contributed by atoms with Crippen molar-refractivity contribution in [2.45, 2.75) is 39.0 Å². The first kappa shape index (κ1) is 19.9. The van der Waals surface area contributed by atoms with Crippen molar-refractivity contribution in [3.8, 4) is 0 Å².